The number of carbonyl (C=O) groups excluding carboxylic acids is 4. The van der Waals surface area contributed by atoms with Crippen LogP contribution in [0.4, 0.5) is 11.4 Å². The van der Waals surface area contributed by atoms with Crippen molar-refractivity contribution in [1.82, 2.24) is 4.57 Å². The Labute approximate surface area is 301 Å². The van der Waals surface area contributed by atoms with Gasteiger partial charge in [0.05, 0.1) is 48.9 Å². The molecule has 1 saturated heterocycles. The van der Waals surface area contributed by atoms with Crippen LogP contribution in [-0.2, 0) is 25.7 Å². The average Bonchev–Trinajstić information content (AvgIpc) is 3.86. The maximum Gasteiger partial charge on any atom is 0.338 e. The Kier molecular flexibility index (Phi) is 8.50. The number of hydrogen-bond acceptors (Lipinski definition) is 10. The number of benzene rings is 3. The number of ether oxygens (including phenoxy) is 3. The Morgan fingerprint density at radius 1 is 0.882 bits per heavy atom. The Morgan fingerprint density at radius 3 is 2.27 bits per heavy atom. The van der Waals surface area contributed by atoms with Gasteiger partial charge in [-0.15, -0.1) is 11.8 Å². The van der Waals surface area contributed by atoms with Crippen molar-refractivity contribution in [3.8, 4) is 11.5 Å². The lowest BCUT2D eigenvalue weighted by Crippen LogP contribution is -2.43. The maximum absolute atomic E-state index is 14.1. The molecule has 7 atom stereocenters. The van der Waals surface area contributed by atoms with E-state index >= 15 is 0 Å². The first kappa shape index (κ1) is 33.3. The van der Waals surface area contributed by atoms with Crippen molar-refractivity contribution in [2.45, 2.75) is 36.1 Å². The van der Waals surface area contributed by atoms with Crippen LogP contribution in [0.3, 0.4) is 0 Å². The molecule has 4 aromatic rings. The number of carbonyl (C=O) groups is 4. The molecule has 7 unspecified atom stereocenters. The first-order valence-electron chi connectivity index (χ1n) is 16.9. The van der Waals surface area contributed by atoms with Crippen molar-refractivity contribution >= 4 is 58.2 Å². The standard InChI is InChI=1S/C38H35N3O8S2/c1-4-49-37(45)19-10-13-21(14-11-19)39-27(42)18-40-36-33(51-38(40)46)28(20-12-15-25(47-2)26(16-20)48-3)29-23-17-24(32(29)50-36)31-30(23)34(43)41(35(31)44)22-8-6-5-7-9-22/h5-16,23-24,28-32H,4,17-18H2,1-3H3,(H,39,42). The van der Waals surface area contributed by atoms with Crippen LogP contribution in [0.2, 0.25) is 0 Å². The van der Waals surface area contributed by atoms with Crippen LogP contribution >= 0.6 is 23.1 Å². The molecule has 1 aromatic heterocycles. The highest BCUT2D eigenvalue weighted by molar-refractivity contribution is 8.00. The third-order valence-corrected chi connectivity index (χ3v) is 13.5. The van der Waals surface area contributed by atoms with Crippen molar-refractivity contribution in [3.63, 3.8) is 0 Å². The number of thioether (sulfide) groups is 1. The first-order valence-corrected chi connectivity index (χ1v) is 18.6. The predicted octanol–water partition coefficient (Wildman–Crippen LogP) is 5.42. The van der Waals surface area contributed by atoms with E-state index in [-0.39, 0.29) is 58.8 Å². The fourth-order valence-corrected chi connectivity index (χ4v) is 11.9. The summed E-state index contributed by atoms with van der Waals surface area (Å²) in [5.74, 6) is -1.35. The zero-order valence-corrected chi connectivity index (χ0v) is 29.7. The number of imide groups is 1. The molecule has 4 aliphatic rings. The SMILES string of the molecule is CCOC(=O)c1ccc(NC(=O)Cn2c3c(sc2=O)C(c2ccc(OC)c(OC)c2)C2C4CC(C2S3)C2C(=O)N(c3ccccc3)C(=O)C42)cc1. The van der Waals surface area contributed by atoms with Crippen LogP contribution in [0.15, 0.2) is 82.6 Å². The van der Waals surface area contributed by atoms with E-state index in [1.54, 1.807) is 69.3 Å². The highest BCUT2D eigenvalue weighted by atomic mass is 32.2. The molecule has 11 nitrogen and oxygen atoms in total. The normalized spacial score (nSPS) is 25.6. The zero-order chi connectivity index (χ0) is 35.6. The summed E-state index contributed by atoms with van der Waals surface area (Å²) in [4.78, 5) is 69.3. The molecule has 0 spiro atoms. The van der Waals surface area contributed by atoms with Crippen molar-refractivity contribution in [1.29, 1.82) is 0 Å². The number of nitrogens with zero attached hydrogens (tertiary/aromatic N) is 2. The Bertz CT molecular complexity index is 2110. The molecule has 0 radical (unpaired) electrons. The second-order valence-corrected chi connectivity index (χ2v) is 15.3. The molecular formula is C38H35N3O8S2. The fraction of sp³-hybridized carbons (Fsp3) is 0.342. The van der Waals surface area contributed by atoms with E-state index in [9.17, 15) is 24.0 Å². The van der Waals surface area contributed by atoms with Crippen LogP contribution in [0, 0.1) is 29.6 Å². The van der Waals surface area contributed by atoms with E-state index in [0.717, 1.165) is 28.2 Å². The summed E-state index contributed by atoms with van der Waals surface area (Å²) in [6.07, 6.45) is 0.739. The summed E-state index contributed by atoms with van der Waals surface area (Å²) >= 11 is 2.69. The first-order chi connectivity index (χ1) is 24.7. The second-order valence-electron chi connectivity index (χ2n) is 13.2. The van der Waals surface area contributed by atoms with E-state index in [1.165, 1.54) is 9.47 Å². The van der Waals surface area contributed by atoms with Crippen molar-refractivity contribution in [3.05, 3.63) is 98.5 Å². The number of amides is 3. The Hall–Kier alpha value is -4.88. The van der Waals surface area contributed by atoms with Gasteiger partial charge in [0.15, 0.2) is 11.5 Å². The Morgan fingerprint density at radius 2 is 1.59 bits per heavy atom. The lowest BCUT2D eigenvalue weighted by molar-refractivity contribution is -0.123. The van der Waals surface area contributed by atoms with Crippen LogP contribution in [0.5, 0.6) is 11.5 Å². The van der Waals surface area contributed by atoms with Gasteiger partial charge in [0.25, 0.3) is 0 Å². The molecule has 2 aliphatic heterocycles. The van der Waals surface area contributed by atoms with Gasteiger partial charge < -0.3 is 19.5 Å². The number of aromatic nitrogens is 1. The lowest BCUT2D eigenvalue weighted by Gasteiger charge is -2.43. The van der Waals surface area contributed by atoms with E-state index in [2.05, 4.69) is 5.32 Å². The van der Waals surface area contributed by atoms with Crippen LogP contribution in [0.1, 0.15) is 40.1 Å². The summed E-state index contributed by atoms with van der Waals surface area (Å²) < 4.78 is 17.8. The highest BCUT2D eigenvalue weighted by Crippen LogP contribution is 2.69. The molecule has 2 saturated carbocycles. The van der Waals surface area contributed by atoms with Crippen LogP contribution < -0.4 is 24.6 Å². The van der Waals surface area contributed by atoms with Gasteiger partial charge in [0.1, 0.15) is 6.54 Å². The van der Waals surface area contributed by atoms with Gasteiger partial charge in [-0.25, -0.2) is 4.79 Å². The Balaban J connectivity index is 1.15. The number of fused-ring (bicyclic) bond motifs is 9. The van der Waals surface area contributed by atoms with Gasteiger partial charge in [0, 0.05) is 21.7 Å². The van der Waals surface area contributed by atoms with Gasteiger partial charge in [-0.1, -0.05) is 35.6 Å². The van der Waals surface area contributed by atoms with Gasteiger partial charge in [-0.3, -0.25) is 28.6 Å². The monoisotopic (exact) mass is 725 g/mol. The number of para-hydroxylation sites is 1. The number of rotatable bonds is 9. The van der Waals surface area contributed by atoms with E-state index < -0.39 is 23.7 Å². The molecule has 262 valence electrons. The third kappa shape index (κ3) is 5.36. The number of hydrogen-bond donors (Lipinski definition) is 1. The van der Waals surface area contributed by atoms with Crippen molar-refractivity contribution in [2.75, 3.05) is 31.0 Å². The van der Waals surface area contributed by atoms with Crippen molar-refractivity contribution in [2.24, 2.45) is 29.6 Å². The van der Waals surface area contributed by atoms with Crippen molar-refractivity contribution < 1.29 is 33.4 Å². The molecule has 2 aliphatic carbocycles. The van der Waals surface area contributed by atoms with Gasteiger partial charge in [-0.05, 0) is 85.2 Å². The molecule has 3 amide bonds. The summed E-state index contributed by atoms with van der Waals surface area (Å²) in [5, 5.41) is 3.49. The van der Waals surface area contributed by atoms with E-state index in [4.69, 9.17) is 14.2 Å². The molecule has 3 aromatic carbocycles. The number of esters is 1. The predicted molar refractivity (Wildman–Crippen MR) is 192 cm³/mol. The number of anilines is 2. The highest BCUT2D eigenvalue weighted by Gasteiger charge is 2.70. The number of thiazole rings is 1. The summed E-state index contributed by atoms with van der Waals surface area (Å²) in [7, 11) is 3.15. The van der Waals surface area contributed by atoms with Crippen LogP contribution in [-0.4, -0.2) is 54.3 Å². The van der Waals surface area contributed by atoms with Gasteiger partial charge >= 0.3 is 10.8 Å². The van der Waals surface area contributed by atoms with Crippen LogP contribution in [0.25, 0.3) is 0 Å². The molecule has 8 rings (SSSR count). The minimum Gasteiger partial charge on any atom is -0.493 e. The molecule has 1 N–H and O–H groups in total. The quantitative estimate of drug-likeness (QED) is 0.177. The summed E-state index contributed by atoms with van der Waals surface area (Å²) in [6, 6.07) is 21.2. The minimum atomic E-state index is -0.449. The third-order valence-electron chi connectivity index (χ3n) is 10.7. The lowest BCUT2D eigenvalue weighted by atomic mass is 9.68. The topological polar surface area (TPSA) is 133 Å². The van der Waals surface area contributed by atoms with E-state index in [0.29, 0.717) is 33.5 Å². The number of methoxy groups -OCH3 is 2. The average molecular weight is 726 g/mol. The molecular weight excluding hydrogens is 691 g/mol. The molecule has 3 fully saturated rings. The largest absolute Gasteiger partial charge is 0.493 e. The molecule has 13 heteroatoms. The summed E-state index contributed by atoms with van der Waals surface area (Å²) in [5.41, 5.74) is 2.35. The van der Waals surface area contributed by atoms with Gasteiger partial charge in [-0.2, -0.15) is 0 Å². The second kappa shape index (κ2) is 13.0. The fourth-order valence-electron chi connectivity index (χ4n) is 8.75. The minimum absolute atomic E-state index is 0.0300. The van der Waals surface area contributed by atoms with Gasteiger partial charge in [0.2, 0.25) is 17.7 Å². The zero-order valence-electron chi connectivity index (χ0n) is 28.1. The number of nitrogens with one attached hydrogen (secondary N) is 1. The smallest absolute Gasteiger partial charge is 0.338 e. The summed E-state index contributed by atoms with van der Waals surface area (Å²) in [6.45, 7) is 1.77. The molecule has 3 heterocycles. The maximum atomic E-state index is 14.1. The molecule has 51 heavy (non-hydrogen) atoms. The van der Waals surface area contributed by atoms with E-state index in [1.807, 2.05) is 36.4 Å². The molecule has 2 bridgehead atoms.